The molecule has 1 unspecified atom stereocenters. The van der Waals surface area contributed by atoms with Crippen LogP contribution in [-0.4, -0.2) is 58.8 Å². The van der Waals surface area contributed by atoms with Crippen molar-refractivity contribution in [3.63, 3.8) is 0 Å². The minimum Gasteiger partial charge on any atom is -0.379 e. The lowest BCUT2D eigenvalue weighted by Gasteiger charge is -2.23. The summed E-state index contributed by atoms with van der Waals surface area (Å²) in [5.41, 5.74) is 3.35. The summed E-state index contributed by atoms with van der Waals surface area (Å²) in [5.74, 6) is -0.481. The van der Waals surface area contributed by atoms with Crippen molar-refractivity contribution in [3.8, 4) is 0 Å². The van der Waals surface area contributed by atoms with Crippen LogP contribution >= 0.6 is 11.3 Å². The number of nitrogens with one attached hydrogen (secondary N) is 3. The Labute approximate surface area is 195 Å². The minimum atomic E-state index is -0.431. The summed E-state index contributed by atoms with van der Waals surface area (Å²) in [6.07, 6.45) is 0.198. The second-order valence-corrected chi connectivity index (χ2v) is 8.50. The van der Waals surface area contributed by atoms with Gasteiger partial charge in [0.2, 0.25) is 0 Å². The fourth-order valence-corrected chi connectivity index (χ4v) is 4.05. The number of likely N-dealkylation sites (N-methyl/N-ethyl adjacent to an activating group) is 1. The molecule has 2 aromatic heterocycles. The Morgan fingerprint density at radius 1 is 1.33 bits per heavy atom. The third-order valence-electron chi connectivity index (χ3n) is 5.05. The smallest absolute Gasteiger partial charge is 0.321 e. The molecule has 0 radical (unpaired) electrons. The number of aryl methyl sites for hydroxylation is 2. The topological polar surface area (TPSA) is 112 Å². The first-order valence-electron chi connectivity index (χ1n) is 10.3. The molecule has 33 heavy (non-hydrogen) atoms. The van der Waals surface area contributed by atoms with E-state index in [2.05, 4.69) is 25.8 Å². The summed E-state index contributed by atoms with van der Waals surface area (Å²) in [4.78, 5) is 30.9. The Bertz CT molecular complexity index is 1100. The zero-order valence-electron chi connectivity index (χ0n) is 18.9. The van der Waals surface area contributed by atoms with E-state index in [1.165, 1.54) is 23.5 Å². The first-order valence-corrected chi connectivity index (χ1v) is 11.2. The second kappa shape index (κ2) is 11.0. The van der Waals surface area contributed by atoms with Crippen molar-refractivity contribution in [1.82, 2.24) is 25.4 Å². The standard InChI is InChI=1S/C22H27FN6O3S/c1-13-19(14(2)28-27-13)20(30)29(3)11-18(32-4)9-17-12-33-22(25-17)26-21(31)24-10-15-6-5-7-16(23)8-15/h5-8,12,18H,9-11H2,1-4H3,(H,27,28)(H2,24,25,26,31). The van der Waals surface area contributed by atoms with Gasteiger partial charge in [-0.25, -0.2) is 14.2 Å². The van der Waals surface area contributed by atoms with Gasteiger partial charge < -0.3 is 15.0 Å². The number of benzene rings is 1. The number of H-pyrrole nitrogens is 1. The van der Waals surface area contributed by atoms with Crippen LogP contribution in [0.25, 0.3) is 0 Å². The number of carbonyl (C=O) groups is 2. The number of hydrogen-bond acceptors (Lipinski definition) is 6. The number of halogens is 1. The predicted molar refractivity (Wildman–Crippen MR) is 124 cm³/mol. The van der Waals surface area contributed by atoms with Crippen molar-refractivity contribution in [2.45, 2.75) is 32.9 Å². The molecule has 3 aromatic rings. The maximum atomic E-state index is 13.2. The Hall–Kier alpha value is -3.31. The SMILES string of the molecule is COC(Cc1csc(NC(=O)NCc2cccc(F)c2)n1)CN(C)C(=O)c1c(C)n[nH]c1C. The molecule has 1 atom stereocenters. The van der Waals surface area contributed by atoms with E-state index < -0.39 is 6.03 Å². The maximum Gasteiger partial charge on any atom is 0.321 e. The summed E-state index contributed by atoms with van der Waals surface area (Å²) in [7, 11) is 3.31. The zero-order valence-corrected chi connectivity index (χ0v) is 19.8. The number of rotatable bonds is 9. The van der Waals surface area contributed by atoms with Crippen LogP contribution < -0.4 is 10.6 Å². The normalized spacial score (nSPS) is 11.8. The van der Waals surface area contributed by atoms with Crippen molar-refractivity contribution in [1.29, 1.82) is 0 Å². The first kappa shape index (κ1) is 24.3. The highest BCUT2D eigenvalue weighted by molar-refractivity contribution is 7.13. The van der Waals surface area contributed by atoms with Crippen LogP contribution in [0.2, 0.25) is 0 Å². The lowest BCUT2D eigenvalue weighted by Crippen LogP contribution is -2.36. The van der Waals surface area contributed by atoms with Gasteiger partial charge in [0.05, 0.1) is 23.1 Å². The van der Waals surface area contributed by atoms with Gasteiger partial charge in [0.25, 0.3) is 5.91 Å². The molecule has 11 heteroatoms. The Morgan fingerprint density at radius 3 is 2.79 bits per heavy atom. The van der Waals surface area contributed by atoms with Gasteiger partial charge in [0, 0.05) is 44.7 Å². The van der Waals surface area contributed by atoms with E-state index in [1.807, 2.05) is 12.3 Å². The van der Waals surface area contributed by atoms with Crippen LogP contribution in [0.5, 0.6) is 0 Å². The number of amides is 3. The summed E-state index contributed by atoms with van der Waals surface area (Å²) in [6, 6.07) is 5.60. The Balaban J connectivity index is 1.51. The molecule has 2 heterocycles. The van der Waals surface area contributed by atoms with Crippen LogP contribution in [0.1, 0.15) is 33.0 Å². The van der Waals surface area contributed by atoms with Gasteiger partial charge in [-0.2, -0.15) is 5.10 Å². The summed E-state index contributed by atoms with van der Waals surface area (Å²) in [6.45, 7) is 4.17. The van der Waals surface area contributed by atoms with E-state index in [-0.39, 0.29) is 24.4 Å². The molecule has 3 amide bonds. The van der Waals surface area contributed by atoms with Crippen molar-refractivity contribution in [2.24, 2.45) is 0 Å². The highest BCUT2D eigenvalue weighted by Crippen LogP contribution is 2.18. The number of aromatic amines is 1. The van der Waals surface area contributed by atoms with Gasteiger partial charge in [-0.1, -0.05) is 12.1 Å². The van der Waals surface area contributed by atoms with Gasteiger partial charge >= 0.3 is 6.03 Å². The maximum absolute atomic E-state index is 13.2. The number of nitrogens with zero attached hydrogens (tertiary/aromatic N) is 3. The molecular weight excluding hydrogens is 447 g/mol. The average molecular weight is 475 g/mol. The number of anilines is 1. The summed E-state index contributed by atoms with van der Waals surface area (Å²) in [5, 5.41) is 14.5. The summed E-state index contributed by atoms with van der Waals surface area (Å²) >= 11 is 1.29. The van der Waals surface area contributed by atoms with Crippen LogP contribution in [0.3, 0.4) is 0 Å². The van der Waals surface area contributed by atoms with E-state index in [0.717, 1.165) is 11.4 Å². The Morgan fingerprint density at radius 2 is 2.12 bits per heavy atom. The lowest BCUT2D eigenvalue weighted by atomic mass is 10.1. The van der Waals surface area contributed by atoms with Gasteiger partial charge in [-0.05, 0) is 31.5 Å². The molecular formula is C22H27FN6O3S. The van der Waals surface area contributed by atoms with Crippen molar-refractivity contribution in [3.05, 3.63) is 63.7 Å². The minimum absolute atomic E-state index is 0.128. The van der Waals surface area contributed by atoms with E-state index in [9.17, 15) is 14.0 Å². The van der Waals surface area contributed by atoms with Crippen LogP contribution in [-0.2, 0) is 17.7 Å². The van der Waals surface area contributed by atoms with Crippen LogP contribution in [0.4, 0.5) is 14.3 Å². The molecule has 1 aromatic carbocycles. The third-order valence-corrected chi connectivity index (χ3v) is 5.86. The average Bonchev–Trinajstić information content (AvgIpc) is 3.36. The Kier molecular flexibility index (Phi) is 8.12. The number of aromatic nitrogens is 3. The molecule has 0 saturated heterocycles. The van der Waals surface area contributed by atoms with Gasteiger partial charge in [0.15, 0.2) is 5.13 Å². The predicted octanol–water partition coefficient (Wildman–Crippen LogP) is 3.27. The largest absolute Gasteiger partial charge is 0.379 e. The number of hydrogen-bond donors (Lipinski definition) is 3. The molecule has 0 aliphatic heterocycles. The first-order chi connectivity index (χ1) is 15.8. The molecule has 0 aliphatic carbocycles. The van der Waals surface area contributed by atoms with Crippen LogP contribution in [0, 0.1) is 19.7 Å². The number of urea groups is 1. The van der Waals surface area contributed by atoms with Gasteiger partial charge in [-0.3, -0.25) is 15.2 Å². The van der Waals surface area contributed by atoms with E-state index >= 15 is 0 Å². The molecule has 0 aliphatic rings. The highest BCUT2D eigenvalue weighted by atomic mass is 32.1. The highest BCUT2D eigenvalue weighted by Gasteiger charge is 2.22. The lowest BCUT2D eigenvalue weighted by molar-refractivity contribution is 0.0540. The molecule has 0 fully saturated rings. The van der Waals surface area contributed by atoms with Gasteiger partial charge in [-0.15, -0.1) is 11.3 Å². The molecule has 3 rings (SSSR count). The van der Waals surface area contributed by atoms with E-state index in [4.69, 9.17) is 4.74 Å². The van der Waals surface area contributed by atoms with E-state index in [1.54, 1.807) is 38.1 Å². The molecule has 9 nitrogen and oxygen atoms in total. The zero-order chi connectivity index (χ0) is 24.0. The van der Waals surface area contributed by atoms with Crippen molar-refractivity contribution < 1.29 is 18.7 Å². The number of ether oxygens (including phenoxy) is 1. The van der Waals surface area contributed by atoms with Crippen molar-refractivity contribution >= 4 is 28.4 Å². The number of methoxy groups -OCH3 is 1. The monoisotopic (exact) mass is 474 g/mol. The van der Waals surface area contributed by atoms with E-state index in [0.29, 0.717) is 34.9 Å². The molecule has 0 spiro atoms. The number of thiazole rings is 1. The van der Waals surface area contributed by atoms with Gasteiger partial charge in [0.1, 0.15) is 5.82 Å². The number of carbonyl (C=O) groups excluding carboxylic acids is 2. The summed E-state index contributed by atoms with van der Waals surface area (Å²) < 4.78 is 18.8. The molecule has 0 saturated carbocycles. The molecule has 176 valence electrons. The van der Waals surface area contributed by atoms with Crippen molar-refractivity contribution in [2.75, 3.05) is 26.0 Å². The fraction of sp³-hybridized carbons (Fsp3) is 0.364. The van der Waals surface area contributed by atoms with Crippen LogP contribution in [0.15, 0.2) is 29.6 Å². The third kappa shape index (κ3) is 6.59. The quantitative estimate of drug-likeness (QED) is 0.441. The fourth-order valence-electron chi connectivity index (χ4n) is 3.33. The second-order valence-electron chi connectivity index (χ2n) is 7.64. The molecule has 3 N–H and O–H groups in total. The molecule has 0 bridgehead atoms.